The van der Waals surface area contributed by atoms with Gasteiger partial charge in [-0.05, 0) is 36.1 Å². The summed E-state index contributed by atoms with van der Waals surface area (Å²) in [6.45, 7) is 0. The van der Waals surface area contributed by atoms with Gasteiger partial charge in [-0.2, -0.15) is 0 Å². The Morgan fingerprint density at radius 1 is 0.943 bits per heavy atom. The van der Waals surface area contributed by atoms with Gasteiger partial charge in [0.15, 0.2) is 0 Å². The molecule has 7 nitrogen and oxygen atoms in total. The van der Waals surface area contributed by atoms with Crippen LogP contribution in [-0.2, 0) is 20.8 Å². The molecule has 3 atom stereocenters. The van der Waals surface area contributed by atoms with E-state index in [4.69, 9.17) is 0 Å². The SMILES string of the molecule is O=C(O)CC1(NC(CCc2ccccc2)C(=O)O)C(=O)Nc2ccccc2SC1c1ccccc1. The minimum absolute atomic E-state index is 0.188. The zero-order valence-electron chi connectivity index (χ0n) is 18.9. The largest absolute Gasteiger partial charge is 0.481 e. The van der Waals surface area contributed by atoms with Gasteiger partial charge < -0.3 is 15.5 Å². The lowest BCUT2D eigenvalue weighted by Crippen LogP contribution is -2.63. The molecule has 4 N–H and O–H groups in total. The number of aliphatic carboxylic acids is 2. The first kappa shape index (κ1) is 24.5. The van der Waals surface area contributed by atoms with Gasteiger partial charge in [-0.1, -0.05) is 72.8 Å². The number of benzene rings is 3. The minimum atomic E-state index is -1.73. The first-order chi connectivity index (χ1) is 16.9. The number of hydrogen-bond donors (Lipinski definition) is 4. The van der Waals surface area contributed by atoms with Crippen LogP contribution in [0.5, 0.6) is 0 Å². The second-order valence-electron chi connectivity index (χ2n) is 8.46. The Labute approximate surface area is 207 Å². The van der Waals surface area contributed by atoms with Gasteiger partial charge in [0.1, 0.15) is 11.6 Å². The van der Waals surface area contributed by atoms with Crippen LogP contribution >= 0.6 is 11.8 Å². The van der Waals surface area contributed by atoms with E-state index in [9.17, 15) is 24.6 Å². The Hall–Kier alpha value is -3.62. The average Bonchev–Trinajstić information content (AvgIpc) is 2.97. The number of anilines is 1. The van der Waals surface area contributed by atoms with Gasteiger partial charge >= 0.3 is 11.9 Å². The Bertz CT molecular complexity index is 1200. The predicted octanol–water partition coefficient (Wildman–Crippen LogP) is 4.36. The van der Waals surface area contributed by atoms with Crippen molar-refractivity contribution in [3.63, 3.8) is 0 Å². The van der Waals surface area contributed by atoms with E-state index in [2.05, 4.69) is 10.6 Å². The molecule has 0 aliphatic carbocycles. The number of carbonyl (C=O) groups is 3. The lowest BCUT2D eigenvalue weighted by molar-refractivity contribution is -0.145. The molecule has 4 rings (SSSR count). The number of rotatable bonds is 9. The smallest absolute Gasteiger partial charge is 0.320 e. The molecule has 3 aromatic rings. The minimum Gasteiger partial charge on any atom is -0.481 e. The van der Waals surface area contributed by atoms with Crippen molar-refractivity contribution in [3.8, 4) is 0 Å². The van der Waals surface area contributed by atoms with Gasteiger partial charge in [0.05, 0.1) is 17.4 Å². The highest BCUT2D eigenvalue weighted by atomic mass is 32.2. The number of fused-ring (bicyclic) bond motifs is 1. The maximum absolute atomic E-state index is 13.8. The number of amides is 1. The molecule has 8 heteroatoms. The van der Waals surface area contributed by atoms with Crippen LogP contribution in [0.25, 0.3) is 0 Å². The predicted molar refractivity (Wildman–Crippen MR) is 134 cm³/mol. The highest BCUT2D eigenvalue weighted by Crippen LogP contribution is 2.49. The third kappa shape index (κ3) is 5.55. The molecule has 35 heavy (non-hydrogen) atoms. The fraction of sp³-hybridized carbons (Fsp3) is 0.222. The van der Waals surface area contributed by atoms with Crippen LogP contribution in [0.15, 0.2) is 89.8 Å². The maximum Gasteiger partial charge on any atom is 0.320 e. The summed E-state index contributed by atoms with van der Waals surface area (Å²) < 4.78 is 0. The summed E-state index contributed by atoms with van der Waals surface area (Å²) in [6.07, 6.45) is 0.0561. The Morgan fingerprint density at radius 2 is 1.57 bits per heavy atom. The Morgan fingerprint density at radius 3 is 2.23 bits per heavy atom. The van der Waals surface area contributed by atoms with Crippen molar-refractivity contribution >= 4 is 35.3 Å². The normalized spacial score (nSPS) is 20.2. The quantitative estimate of drug-likeness (QED) is 0.352. The highest BCUT2D eigenvalue weighted by Gasteiger charge is 2.52. The molecule has 0 spiro atoms. The van der Waals surface area contributed by atoms with Gasteiger partial charge in [0.25, 0.3) is 0 Å². The Balaban J connectivity index is 1.78. The van der Waals surface area contributed by atoms with E-state index in [1.54, 1.807) is 12.1 Å². The molecule has 1 aliphatic heterocycles. The summed E-state index contributed by atoms with van der Waals surface area (Å²) in [5.74, 6) is -2.92. The molecule has 0 radical (unpaired) electrons. The van der Waals surface area contributed by atoms with Gasteiger partial charge in [-0.3, -0.25) is 19.7 Å². The summed E-state index contributed by atoms with van der Waals surface area (Å²) >= 11 is 1.35. The van der Waals surface area contributed by atoms with Crippen molar-refractivity contribution in [2.45, 2.75) is 41.0 Å². The molecule has 1 amide bonds. The zero-order chi connectivity index (χ0) is 24.8. The van der Waals surface area contributed by atoms with Gasteiger partial charge in [-0.25, -0.2) is 0 Å². The average molecular weight is 491 g/mol. The zero-order valence-corrected chi connectivity index (χ0v) is 19.7. The molecule has 3 unspecified atom stereocenters. The molecule has 0 fully saturated rings. The second-order valence-corrected chi connectivity index (χ2v) is 9.61. The first-order valence-corrected chi connectivity index (χ1v) is 12.2. The number of hydrogen-bond acceptors (Lipinski definition) is 5. The number of carbonyl (C=O) groups excluding carboxylic acids is 1. The van der Waals surface area contributed by atoms with Crippen LogP contribution in [0.2, 0.25) is 0 Å². The van der Waals surface area contributed by atoms with Crippen LogP contribution in [0.3, 0.4) is 0 Å². The number of aryl methyl sites for hydroxylation is 1. The van der Waals surface area contributed by atoms with Crippen molar-refractivity contribution in [3.05, 3.63) is 96.1 Å². The van der Waals surface area contributed by atoms with E-state index in [1.807, 2.05) is 72.8 Å². The number of carboxylic acid groups (broad SMARTS) is 2. The summed E-state index contributed by atoms with van der Waals surface area (Å²) in [4.78, 5) is 39.0. The van der Waals surface area contributed by atoms with Crippen LogP contribution in [-0.4, -0.2) is 39.6 Å². The standard InChI is InChI=1S/C27H26N2O5S/c30-23(31)17-27(29-21(25(32)33)16-15-18-9-3-1-4-10-18)24(19-11-5-2-6-12-19)35-22-14-8-7-13-20(22)28-26(27)34/h1-14,21,24,29H,15-17H2,(H,28,34)(H,30,31)(H,32,33). The van der Waals surface area contributed by atoms with E-state index < -0.39 is 41.1 Å². The maximum atomic E-state index is 13.8. The first-order valence-electron chi connectivity index (χ1n) is 11.3. The number of para-hydroxylation sites is 1. The molecule has 3 aromatic carbocycles. The molecule has 0 bridgehead atoms. The van der Waals surface area contributed by atoms with Crippen molar-refractivity contribution in [2.75, 3.05) is 5.32 Å². The summed E-state index contributed by atoms with van der Waals surface area (Å²) in [5, 5.41) is 25.2. The molecule has 0 saturated carbocycles. The van der Waals surface area contributed by atoms with E-state index in [-0.39, 0.29) is 6.42 Å². The third-order valence-electron chi connectivity index (χ3n) is 6.06. The molecular formula is C27H26N2O5S. The number of thioether (sulfide) groups is 1. The third-order valence-corrected chi connectivity index (χ3v) is 7.58. The van der Waals surface area contributed by atoms with Gasteiger partial charge in [0.2, 0.25) is 5.91 Å². The van der Waals surface area contributed by atoms with E-state index in [0.29, 0.717) is 12.1 Å². The second kappa shape index (κ2) is 10.8. The monoisotopic (exact) mass is 490 g/mol. The van der Waals surface area contributed by atoms with Gasteiger partial charge in [0, 0.05) is 4.90 Å². The summed E-state index contributed by atoms with van der Waals surface area (Å²) in [5.41, 5.74) is 0.523. The summed E-state index contributed by atoms with van der Waals surface area (Å²) in [7, 11) is 0. The fourth-order valence-corrected chi connectivity index (χ4v) is 5.77. The van der Waals surface area contributed by atoms with Crippen molar-refractivity contribution in [1.82, 2.24) is 5.32 Å². The lowest BCUT2D eigenvalue weighted by atomic mass is 9.84. The lowest BCUT2D eigenvalue weighted by Gasteiger charge is -2.39. The van der Waals surface area contributed by atoms with Crippen LogP contribution in [0.1, 0.15) is 29.2 Å². The number of carboxylic acids is 2. The molecule has 0 saturated heterocycles. The molecule has 180 valence electrons. The Kier molecular flexibility index (Phi) is 7.53. The molecule has 0 aromatic heterocycles. The molecule has 1 heterocycles. The molecular weight excluding hydrogens is 464 g/mol. The van der Waals surface area contributed by atoms with Crippen molar-refractivity contribution in [2.24, 2.45) is 0 Å². The molecule has 1 aliphatic rings. The fourth-order valence-electron chi connectivity index (χ4n) is 4.36. The highest BCUT2D eigenvalue weighted by molar-refractivity contribution is 7.99. The van der Waals surface area contributed by atoms with Crippen molar-refractivity contribution in [1.29, 1.82) is 0 Å². The number of nitrogens with one attached hydrogen (secondary N) is 2. The van der Waals surface area contributed by atoms with Crippen LogP contribution < -0.4 is 10.6 Å². The van der Waals surface area contributed by atoms with E-state index in [0.717, 1.165) is 16.0 Å². The topological polar surface area (TPSA) is 116 Å². The van der Waals surface area contributed by atoms with Crippen molar-refractivity contribution < 1.29 is 24.6 Å². The van der Waals surface area contributed by atoms with Gasteiger partial charge in [-0.15, -0.1) is 11.8 Å². The van der Waals surface area contributed by atoms with Crippen LogP contribution in [0, 0.1) is 0 Å². The van der Waals surface area contributed by atoms with E-state index in [1.165, 1.54) is 11.8 Å². The van der Waals surface area contributed by atoms with Crippen LogP contribution in [0.4, 0.5) is 5.69 Å². The summed E-state index contributed by atoms with van der Waals surface area (Å²) in [6, 6.07) is 24.7. The van der Waals surface area contributed by atoms with E-state index >= 15 is 0 Å².